The number of hydrogen-bond acceptors (Lipinski definition) is 4. The molecule has 2 rings (SSSR count). The number of hydrogen-bond donors (Lipinski definition) is 1. The molecule has 6 heteroatoms. The van der Waals surface area contributed by atoms with Crippen LogP contribution in [0.25, 0.3) is 0 Å². The van der Waals surface area contributed by atoms with Gasteiger partial charge in [-0.2, -0.15) is 0 Å². The fraction of sp³-hybridized carbons (Fsp3) is 0.273. The first-order chi connectivity index (χ1) is 8.19. The number of aromatic nitrogens is 2. The van der Waals surface area contributed by atoms with Crippen molar-refractivity contribution >= 4 is 11.5 Å². The average molecular weight is 255 g/mol. The summed E-state index contributed by atoms with van der Waals surface area (Å²) >= 11 is 1.25. The number of rotatable bonds is 4. The van der Waals surface area contributed by atoms with E-state index in [0.29, 0.717) is 12.0 Å². The molecule has 0 fully saturated rings. The van der Waals surface area contributed by atoms with Gasteiger partial charge in [-0.15, -0.1) is 5.10 Å². The zero-order valence-electron chi connectivity index (χ0n) is 9.15. The molecule has 0 saturated heterocycles. The van der Waals surface area contributed by atoms with Crippen LogP contribution in [0, 0.1) is 11.6 Å². The fourth-order valence-corrected chi connectivity index (χ4v) is 2.15. The number of likely N-dealkylation sites (N-methyl/N-ethyl adjacent to an activating group) is 1. The molecule has 1 heterocycles. The van der Waals surface area contributed by atoms with E-state index in [1.54, 1.807) is 7.05 Å². The van der Waals surface area contributed by atoms with Crippen LogP contribution in [0.4, 0.5) is 8.78 Å². The zero-order valence-corrected chi connectivity index (χ0v) is 9.97. The van der Waals surface area contributed by atoms with Crippen LogP contribution < -0.4 is 5.32 Å². The maximum atomic E-state index is 13.0. The maximum absolute atomic E-state index is 13.0. The molecule has 0 aliphatic rings. The lowest BCUT2D eigenvalue weighted by atomic mass is 10.0. The summed E-state index contributed by atoms with van der Waals surface area (Å²) in [5.74, 6) is -1.13. The molecule has 2 aromatic rings. The SMILES string of the molecule is CNC(Cc1cc(F)cc(F)c1)c1csnn1. The molecule has 3 nitrogen and oxygen atoms in total. The van der Waals surface area contributed by atoms with Crippen molar-refractivity contribution in [2.24, 2.45) is 0 Å². The van der Waals surface area contributed by atoms with Crippen LogP contribution in [0.3, 0.4) is 0 Å². The van der Waals surface area contributed by atoms with Gasteiger partial charge >= 0.3 is 0 Å². The van der Waals surface area contributed by atoms with Crippen LogP contribution in [0.1, 0.15) is 17.3 Å². The summed E-state index contributed by atoms with van der Waals surface area (Å²) in [6.07, 6.45) is 0.469. The summed E-state index contributed by atoms with van der Waals surface area (Å²) in [6, 6.07) is 3.43. The molecular weight excluding hydrogens is 244 g/mol. The Hall–Kier alpha value is -1.40. The van der Waals surface area contributed by atoms with E-state index in [1.807, 2.05) is 5.38 Å². The van der Waals surface area contributed by atoms with Gasteiger partial charge in [-0.3, -0.25) is 0 Å². The summed E-state index contributed by atoms with van der Waals surface area (Å²) in [6.45, 7) is 0. The molecule has 0 aliphatic heterocycles. The van der Waals surface area contributed by atoms with Crippen LogP contribution in [0.15, 0.2) is 23.6 Å². The highest BCUT2D eigenvalue weighted by molar-refractivity contribution is 7.03. The Balaban J connectivity index is 2.18. The molecule has 0 bridgehead atoms. The molecule has 0 radical (unpaired) electrons. The van der Waals surface area contributed by atoms with Gasteiger partial charge in [0.15, 0.2) is 0 Å². The van der Waals surface area contributed by atoms with Gasteiger partial charge in [-0.1, -0.05) is 4.49 Å². The third-order valence-electron chi connectivity index (χ3n) is 2.44. The molecule has 17 heavy (non-hydrogen) atoms. The summed E-state index contributed by atoms with van der Waals surface area (Å²) in [5, 5.41) is 8.81. The molecule has 1 unspecified atom stereocenters. The van der Waals surface area contributed by atoms with Crippen LogP contribution in [-0.4, -0.2) is 16.6 Å². The third-order valence-corrected chi connectivity index (χ3v) is 2.97. The standard InChI is InChI=1S/C11H11F2N3S/c1-14-10(11-6-17-16-15-11)4-7-2-8(12)5-9(13)3-7/h2-3,5-6,10,14H,4H2,1H3. The molecule has 0 aliphatic carbocycles. The first-order valence-electron chi connectivity index (χ1n) is 5.08. The van der Waals surface area contributed by atoms with Gasteiger partial charge < -0.3 is 5.32 Å². The first kappa shape index (κ1) is 12.1. The van der Waals surface area contributed by atoms with Gasteiger partial charge in [-0.25, -0.2) is 8.78 Å². The van der Waals surface area contributed by atoms with Crippen molar-refractivity contribution in [3.8, 4) is 0 Å². The van der Waals surface area contributed by atoms with Crippen molar-refractivity contribution in [3.05, 3.63) is 46.5 Å². The fourth-order valence-electron chi connectivity index (χ4n) is 1.64. The Kier molecular flexibility index (Phi) is 3.75. The lowest BCUT2D eigenvalue weighted by Gasteiger charge is -2.13. The van der Waals surface area contributed by atoms with Crippen molar-refractivity contribution < 1.29 is 8.78 Å². The molecule has 1 atom stereocenters. The van der Waals surface area contributed by atoms with E-state index < -0.39 is 11.6 Å². The molecule has 0 amide bonds. The van der Waals surface area contributed by atoms with Gasteiger partial charge in [0.25, 0.3) is 0 Å². The van der Waals surface area contributed by atoms with Crippen LogP contribution in [0.5, 0.6) is 0 Å². The van der Waals surface area contributed by atoms with Crippen molar-refractivity contribution in [2.45, 2.75) is 12.5 Å². The smallest absolute Gasteiger partial charge is 0.126 e. The Bertz CT molecular complexity index is 467. The minimum absolute atomic E-state index is 0.0880. The van der Waals surface area contributed by atoms with Crippen molar-refractivity contribution in [1.29, 1.82) is 0 Å². The second-order valence-electron chi connectivity index (χ2n) is 3.65. The van der Waals surface area contributed by atoms with Gasteiger partial charge in [0.1, 0.15) is 11.6 Å². The van der Waals surface area contributed by atoms with Gasteiger partial charge in [-0.05, 0) is 42.7 Å². The van der Waals surface area contributed by atoms with E-state index in [2.05, 4.69) is 14.9 Å². The third kappa shape index (κ3) is 3.04. The second kappa shape index (κ2) is 5.29. The summed E-state index contributed by atoms with van der Waals surface area (Å²) in [4.78, 5) is 0. The van der Waals surface area contributed by atoms with Gasteiger partial charge in [0.05, 0.1) is 11.7 Å². The normalized spacial score (nSPS) is 12.6. The Morgan fingerprint density at radius 1 is 1.29 bits per heavy atom. The molecule has 90 valence electrons. The van der Waals surface area contributed by atoms with E-state index in [1.165, 1.54) is 23.7 Å². The Labute approximate surface area is 102 Å². The largest absolute Gasteiger partial charge is 0.311 e. The van der Waals surface area contributed by atoms with Crippen molar-refractivity contribution in [2.75, 3.05) is 7.05 Å². The molecule has 0 saturated carbocycles. The van der Waals surface area contributed by atoms with E-state index >= 15 is 0 Å². The highest BCUT2D eigenvalue weighted by atomic mass is 32.1. The summed E-state index contributed by atoms with van der Waals surface area (Å²) < 4.78 is 29.8. The average Bonchev–Trinajstić information content (AvgIpc) is 2.77. The summed E-state index contributed by atoms with van der Waals surface area (Å²) in [7, 11) is 1.78. The lowest BCUT2D eigenvalue weighted by Crippen LogP contribution is -2.19. The van der Waals surface area contributed by atoms with Crippen LogP contribution in [0.2, 0.25) is 0 Å². The molecule has 1 N–H and O–H groups in total. The molecule has 1 aromatic heterocycles. The predicted octanol–water partition coefficient (Wildman–Crippen LogP) is 2.32. The van der Waals surface area contributed by atoms with Crippen LogP contribution >= 0.6 is 11.5 Å². The Morgan fingerprint density at radius 2 is 2.00 bits per heavy atom. The first-order valence-corrected chi connectivity index (χ1v) is 5.92. The zero-order chi connectivity index (χ0) is 12.3. The van der Waals surface area contributed by atoms with E-state index in [9.17, 15) is 8.78 Å². The predicted molar refractivity (Wildman–Crippen MR) is 61.8 cm³/mol. The highest BCUT2D eigenvalue weighted by Gasteiger charge is 2.13. The van der Waals surface area contributed by atoms with E-state index in [-0.39, 0.29) is 6.04 Å². The topological polar surface area (TPSA) is 37.8 Å². The van der Waals surface area contributed by atoms with E-state index in [4.69, 9.17) is 0 Å². The minimum atomic E-state index is -0.564. The van der Waals surface area contributed by atoms with E-state index in [0.717, 1.165) is 11.8 Å². The minimum Gasteiger partial charge on any atom is -0.311 e. The number of halogens is 2. The number of benzene rings is 1. The Morgan fingerprint density at radius 3 is 2.53 bits per heavy atom. The second-order valence-corrected chi connectivity index (χ2v) is 4.26. The summed E-state index contributed by atoms with van der Waals surface area (Å²) in [5.41, 5.74) is 1.37. The quantitative estimate of drug-likeness (QED) is 0.911. The van der Waals surface area contributed by atoms with Crippen molar-refractivity contribution in [1.82, 2.24) is 14.9 Å². The lowest BCUT2D eigenvalue weighted by molar-refractivity contribution is 0.554. The maximum Gasteiger partial charge on any atom is 0.126 e. The van der Waals surface area contributed by atoms with Gasteiger partial charge in [0, 0.05) is 11.4 Å². The monoisotopic (exact) mass is 255 g/mol. The van der Waals surface area contributed by atoms with Crippen molar-refractivity contribution in [3.63, 3.8) is 0 Å². The molecular formula is C11H11F2N3S. The molecule has 0 spiro atoms. The van der Waals surface area contributed by atoms with Gasteiger partial charge in [0.2, 0.25) is 0 Å². The van der Waals surface area contributed by atoms with Crippen LogP contribution in [-0.2, 0) is 6.42 Å². The number of nitrogens with zero attached hydrogens (tertiary/aromatic N) is 2. The highest BCUT2D eigenvalue weighted by Crippen LogP contribution is 2.18. The molecule has 1 aromatic carbocycles. The number of nitrogens with one attached hydrogen (secondary N) is 1.